The summed E-state index contributed by atoms with van der Waals surface area (Å²) in [5.74, 6) is 0. The van der Waals surface area contributed by atoms with Gasteiger partial charge in [-0.2, -0.15) is 5.06 Å². The summed E-state index contributed by atoms with van der Waals surface area (Å²) in [5.41, 5.74) is 0. The zero-order chi connectivity index (χ0) is 5.86. The van der Waals surface area contributed by atoms with Crippen LogP contribution < -0.4 is 0 Å². The maximum Gasteiger partial charge on any atom is 2.00 e. The topological polar surface area (TPSA) is 58.8 Å². The van der Waals surface area contributed by atoms with Gasteiger partial charge in [0.2, 0.25) is 5.39 Å². The molecule has 0 spiro atoms. The Morgan fingerprint density at radius 2 is 1.60 bits per heavy atom. The molecular formula is C4H15N2O3U+. The zero-order valence-corrected chi connectivity index (χ0v) is 10.9. The molecule has 0 aromatic carbocycles. The maximum absolute atomic E-state index is 7.96. The average Bonchev–Trinajstić information content (AvgIpc) is 1.27. The van der Waals surface area contributed by atoms with Crippen LogP contribution in [0.2, 0.25) is 0 Å². The Morgan fingerprint density at radius 3 is 1.60 bits per heavy atom. The predicted octanol–water partition coefficient (Wildman–Crippen LogP) is -0.374. The number of nitrogens with zero attached hydrogens (tertiary/aromatic N) is 2. The van der Waals surface area contributed by atoms with Crippen LogP contribution >= 0.6 is 0 Å². The number of hydrogen-bond acceptors (Lipinski definition) is 4. The minimum absolute atomic E-state index is 0. The molecule has 0 saturated heterocycles. The molecule has 0 bridgehead atoms. The van der Waals surface area contributed by atoms with Crippen molar-refractivity contribution < 1.29 is 46.5 Å². The van der Waals surface area contributed by atoms with Gasteiger partial charge in [0.25, 0.3) is 0 Å². The van der Waals surface area contributed by atoms with Gasteiger partial charge in [-0.3, -0.25) is 5.21 Å². The smallest absolute Gasteiger partial charge is 0.358 e. The van der Waals surface area contributed by atoms with Crippen LogP contribution in [0.25, 0.3) is 0 Å². The predicted molar refractivity (Wildman–Crippen MR) is 34.8 cm³/mol. The Labute approximate surface area is 85.8 Å². The van der Waals surface area contributed by atoms with E-state index in [1.54, 1.807) is 14.1 Å². The van der Waals surface area contributed by atoms with Crippen molar-refractivity contribution in [3.05, 3.63) is 14.9 Å². The van der Waals surface area contributed by atoms with Crippen molar-refractivity contribution in [3.63, 3.8) is 0 Å². The number of hydroxylamine groups is 2. The van der Waals surface area contributed by atoms with Crippen LogP contribution in [0.5, 0.6) is 0 Å². The number of rotatable bonds is 2. The van der Waals surface area contributed by atoms with Gasteiger partial charge in [-0.15, -0.1) is 4.94 Å². The Balaban J connectivity index is -0.0000000600. The summed E-state index contributed by atoms with van der Waals surface area (Å²) in [6, 6.07) is 0. The van der Waals surface area contributed by atoms with Crippen molar-refractivity contribution in [2.24, 2.45) is 0 Å². The van der Waals surface area contributed by atoms with E-state index in [-0.39, 0.29) is 51.4 Å². The van der Waals surface area contributed by atoms with Gasteiger partial charge in [-0.05, 0) is 0 Å². The second kappa shape index (κ2) is 12.5. The van der Waals surface area contributed by atoms with E-state index in [4.69, 9.17) is 10.4 Å². The summed E-state index contributed by atoms with van der Waals surface area (Å²) in [6.45, 7) is 0. The van der Waals surface area contributed by atoms with Gasteiger partial charge in [0, 0.05) is 14.1 Å². The van der Waals surface area contributed by atoms with E-state index in [9.17, 15) is 0 Å². The Morgan fingerprint density at radius 1 is 1.30 bits per heavy atom. The molecule has 0 aromatic rings. The molecule has 0 aliphatic heterocycles. The van der Waals surface area contributed by atoms with Crippen molar-refractivity contribution in [1.29, 1.82) is 0 Å². The molecular weight excluding hydrogens is 362 g/mol. The van der Waals surface area contributed by atoms with Crippen LogP contribution in [0.1, 0.15) is 0 Å². The van der Waals surface area contributed by atoms with Crippen LogP contribution in [0, 0.1) is 46.0 Å². The summed E-state index contributed by atoms with van der Waals surface area (Å²) in [6.07, 6.45) is 0. The third-order valence-corrected chi connectivity index (χ3v) is 0.241. The molecule has 0 atom stereocenters. The number of hydrogen-bond donors (Lipinski definition) is 1. The van der Waals surface area contributed by atoms with Crippen LogP contribution in [0.3, 0.4) is 0 Å². The first kappa shape index (κ1) is 22.4. The fourth-order valence-corrected chi connectivity index (χ4v) is 0.155. The summed E-state index contributed by atoms with van der Waals surface area (Å²) in [7, 11) is 3.11. The van der Waals surface area contributed by atoms with Gasteiger partial charge < -0.3 is 14.9 Å². The van der Waals surface area contributed by atoms with E-state index >= 15 is 0 Å². The van der Waals surface area contributed by atoms with Crippen molar-refractivity contribution in [1.82, 2.24) is 10.5 Å². The molecule has 0 unspecified atom stereocenters. The van der Waals surface area contributed by atoms with Crippen LogP contribution in [-0.2, 0) is 4.94 Å². The molecule has 0 aliphatic rings. The monoisotopic (exact) mass is 377 g/mol. The van der Waals surface area contributed by atoms with E-state index in [0.29, 0.717) is 0 Å². The van der Waals surface area contributed by atoms with Crippen molar-refractivity contribution in [2.75, 3.05) is 14.1 Å². The van der Waals surface area contributed by atoms with Crippen molar-refractivity contribution in [3.8, 4) is 0 Å². The molecule has 62 valence electrons. The Kier molecular flexibility index (Phi) is 28.1. The quantitative estimate of drug-likeness (QED) is 0.405. The molecule has 0 saturated carbocycles. The fraction of sp³-hybridized carbons (Fsp3) is 0.500. The van der Waals surface area contributed by atoms with Crippen LogP contribution in [0.4, 0.5) is 0 Å². The molecule has 0 amide bonds. The van der Waals surface area contributed by atoms with E-state index < -0.39 is 0 Å². The van der Waals surface area contributed by atoms with Crippen LogP contribution in [0.15, 0.2) is 0 Å². The molecule has 0 rings (SSSR count). The van der Waals surface area contributed by atoms with E-state index in [0.717, 1.165) is 0 Å². The molecule has 0 heterocycles. The first-order valence-electron chi connectivity index (χ1n) is 1.68. The van der Waals surface area contributed by atoms with Crippen molar-refractivity contribution in [2.45, 2.75) is 0 Å². The standard InChI is InChI=1S/C2H8N2O3.2CH3.U/c1-3(2)7-4(5)6;;;/h5-6H,1-2H3;2*1H3;/q;2*-1;+2/p+1. The first-order chi connectivity index (χ1) is 3.13. The fourth-order valence-electron chi connectivity index (χ4n) is 0.155. The van der Waals surface area contributed by atoms with Gasteiger partial charge in [-0.1, -0.05) is 0 Å². The summed E-state index contributed by atoms with van der Waals surface area (Å²) >= 11 is 0. The van der Waals surface area contributed by atoms with Gasteiger partial charge in [-0.25, -0.2) is 5.21 Å². The third-order valence-electron chi connectivity index (χ3n) is 0.241. The zero-order valence-electron chi connectivity index (χ0n) is 6.75. The third kappa shape index (κ3) is 23.2. The Hall–Kier alpha value is 0.852. The molecule has 5 nitrogen and oxygen atoms in total. The second-order valence-corrected chi connectivity index (χ2v) is 1.17. The van der Waals surface area contributed by atoms with E-state index in [2.05, 4.69) is 4.94 Å². The Bertz CT molecular complexity index is 47.8. The summed E-state index contributed by atoms with van der Waals surface area (Å²) in [5, 5.41) is 15.3. The molecule has 0 radical (unpaired) electrons. The first-order valence-corrected chi connectivity index (χ1v) is 1.68. The van der Waals surface area contributed by atoms with Gasteiger partial charge in [0.05, 0.1) is 0 Å². The van der Waals surface area contributed by atoms with Gasteiger partial charge in [0.1, 0.15) is 0 Å². The van der Waals surface area contributed by atoms with Gasteiger partial charge >= 0.3 is 31.1 Å². The molecule has 0 fully saturated rings. The van der Waals surface area contributed by atoms with Crippen molar-refractivity contribution >= 4 is 0 Å². The summed E-state index contributed by atoms with van der Waals surface area (Å²) < 4.78 is 0. The second-order valence-electron chi connectivity index (χ2n) is 1.17. The maximum atomic E-state index is 7.96. The molecule has 6 heteroatoms. The molecule has 0 aromatic heterocycles. The van der Waals surface area contributed by atoms with E-state index in [1.807, 2.05) is 0 Å². The normalized spacial score (nSPS) is 7.80. The molecule has 0 aliphatic carbocycles. The minimum atomic E-state index is -0.125. The average molecular weight is 377 g/mol. The summed E-state index contributed by atoms with van der Waals surface area (Å²) in [4.78, 5) is 4.14. The molecule has 10 heavy (non-hydrogen) atoms. The van der Waals surface area contributed by atoms with E-state index in [1.165, 1.54) is 5.06 Å². The largest absolute Gasteiger partial charge is 2.00 e. The minimum Gasteiger partial charge on any atom is -0.358 e. The van der Waals surface area contributed by atoms with Crippen LogP contribution in [-0.4, -0.2) is 35.0 Å². The van der Waals surface area contributed by atoms with Gasteiger partial charge in [0.15, 0.2) is 0 Å². The molecule has 3 N–H and O–H groups in total. The SMILES string of the molecule is CN(C)ON(O)[OH2+].[CH3-].[CH3-].[U+2].